The molecule has 2 rings (SSSR count). The Bertz CT molecular complexity index is 482. The maximum atomic E-state index is 12.3. The zero-order chi connectivity index (χ0) is 16.9. The lowest BCUT2D eigenvalue weighted by atomic mass is 10.1. The molecule has 1 aliphatic rings. The third kappa shape index (κ3) is 6.15. The molecule has 1 saturated heterocycles. The quantitative estimate of drug-likeness (QED) is 0.850. The average Bonchev–Trinajstić information content (AvgIpc) is 3.07. The number of hydrogen-bond donors (Lipinski definition) is 1. The summed E-state index contributed by atoms with van der Waals surface area (Å²) < 4.78 is 5.53. The highest BCUT2D eigenvalue weighted by Gasteiger charge is 2.32. The summed E-state index contributed by atoms with van der Waals surface area (Å²) in [6.45, 7) is 9.78. The Hall–Kier alpha value is -1.07. The van der Waals surface area contributed by atoms with Crippen molar-refractivity contribution >= 4 is 17.4 Å². The predicted molar refractivity (Wildman–Crippen MR) is 96.1 cm³/mol. The fraction of sp³-hybridized carbons (Fsp3) is 0.722. The Balaban J connectivity index is 1.75. The molecule has 5 heteroatoms. The summed E-state index contributed by atoms with van der Waals surface area (Å²) in [4.78, 5) is 15.6. The standard InChI is InChI=1S/C18H30N2O2S/c1-14(19-10-9-16-8-6-12-23-16)13-15-7-5-11-20(15)17(21)22-18(2,3)4/h6,8,12,14-15,19H,5,7,9-11,13H2,1-4H3. The second-order valence-electron chi connectivity index (χ2n) is 7.39. The van der Waals surface area contributed by atoms with Crippen LogP contribution >= 0.6 is 11.3 Å². The lowest BCUT2D eigenvalue weighted by molar-refractivity contribution is 0.0215. The average molecular weight is 339 g/mol. The molecule has 0 aliphatic carbocycles. The van der Waals surface area contributed by atoms with E-state index in [4.69, 9.17) is 4.74 Å². The summed E-state index contributed by atoms with van der Waals surface area (Å²) in [6.07, 6.45) is 4.06. The Morgan fingerprint density at radius 3 is 2.96 bits per heavy atom. The first-order chi connectivity index (χ1) is 10.8. The van der Waals surface area contributed by atoms with Crippen LogP contribution in [0.1, 0.15) is 51.8 Å². The molecule has 0 saturated carbocycles. The highest BCUT2D eigenvalue weighted by molar-refractivity contribution is 7.09. The molecule has 2 atom stereocenters. The SMILES string of the molecule is CC(CC1CCCN1C(=O)OC(C)(C)C)NCCc1cccs1. The van der Waals surface area contributed by atoms with Gasteiger partial charge in [0.25, 0.3) is 0 Å². The van der Waals surface area contributed by atoms with Crippen LogP contribution in [0.25, 0.3) is 0 Å². The van der Waals surface area contributed by atoms with Crippen LogP contribution in [-0.4, -0.2) is 41.8 Å². The van der Waals surface area contributed by atoms with E-state index in [1.807, 2.05) is 37.0 Å². The van der Waals surface area contributed by atoms with Crippen molar-refractivity contribution < 1.29 is 9.53 Å². The number of thiophene rings is 1. The molecule has 1 N–H and O–H groups in total. The van der Waals surface area contributed by atoms with Crippen LogP contribution in [0.5, 0.6) is 0 Å². The smallest absolute Gasteiger partial charge is 0.410 e. The minimum atomic E-state index is -0.422. The van der Waals surface area contributed by atoms with Gasteiger partial charge >= 0.3 is 6.09 Å². The first-order valence-electron chi connectivity index (χ1n) is 8.60. The van der Waals surface area contributed by atoms with Crippen molar-refractivity contribution in [1.29, 1.82) is 0 Å². The first kappa shape index (κ1) is 18.3. The zero-order valence-electron chi connectivity index (χ0n) is 14.8. The maximum Gasteiger partial charge on any atom is 0.410 e. The lowest BCUT2D eigenvalue weighted by Gasteiger charge is -2.30. The molecule has 130 valence electrons. The summed E-state index contributed by atoms with van der Waals surface area (Å²) in [7, 11) is 0. The van der Waals surface area contributed by atoms with E-state index in [2.05, 4.69) is 29.8 Å². The third-order valence-corrected chi connectivity index (χ3v) is 5.01. The first-order valence-corrected chi connectivity index (χ1v) is 9.48. The highest BCUT2D eigenvalue weighted by atomic mass is 32.1. The van der Waals surface area contributed by atoms with Crippen LogP contribution in [-0.2, 0) is 11.2 Å². The Labute approximate surface area is 144 Å². The Morgan fingerprint density at radius 2 is 2.30 bits per heavy atom. The van der Waals surface area contributed by atoms with Gasteiger partial charge in [0.15, 0.2) is 0 Å². The van der Waals surface area contributed by atoms with Crippen molar-refractivity contribution in [3.05, 3.63) is 22.4 Å². The van der Waals surface area contributed by atoms with Gasteiger partial charge < -0.3 is 15.0 Å². The zero-order valence-corrected chi connectivity index (χ0v) is 15.6. The highest BCUT2D eigenvalue weighted by Crippen LogP contribution is 2.24. The van der Waals surface area contributed by atoms with Gasteiger partial charge in [-0.15, -0.1) is 11.3 Å². The third-order valence-electron chi connectivity index (χ3n) is 4.08. The molecular formula is C18H30N2O2S. The molecule has 0 aromatic carbocycles. The Kier molecular flexibility index (Phi) is 6.48. The van der Waals surface area contributed by atoms with E-state index in [1.54, 1.807) is 0 Å². The molecule has 1 amide bonds. The molecule has 4 nitrogen and oxygen atoms in total. The number of carbonyl (C=O) groups excluding carboxylic acids is 1. The van der Waals surface area contributed by atoms with Gasteiger partial charge in [-0.1, -0.05) is 6.07 Å². The molecule has 2 unspecified atom stereocenters. The molecule has 1 aromatic heterocycles. The van der Waals surface area contributed by atoms with Crippen molar-refractivity contribution in [2.75, 3.05) is 13.1 Å². The summed E-state index contributed by atoms with van der Waals surface area (Å²) in [5.74, 6) is 0. The van der Waals surface area contributed by atoms with Crippen LogP contribution < -0.4 is 5.32 Å². The molecule has 0 spiro atoms. The number of hydrogen-bond acceptors (Lipinski definition) is 4. The fourth-order valence-electron chi connectivity index (χ4n) is 3.03. The Morgan fingerprint density at radius 1 is 1.52 bits per heavy atom. The van der Waals surface area contributed by atoms with E-state index < -0.39 is 5.60 Å². The van der Waals surface area contributed by atoms with Gasteiger partial charge in [0.1, 0.15) is 5.60 Å². The lowest BCUT2D eigenvalue weighted by Crippen LogP contribution is -2.42. The van der Waals surface area contributed by atoms with Gasteiger partial charge in [-0.25, -0.2) is 4.79 Å². The van der Waals surface area contributed by atoms with Crippen molar-refractivity contribution in [2.24, 2.45) is 0 Å². The van der Waals surface area contributed by atoms with Crippen LogP contribution in [0, 0.1) is 0 Å². The number of rotatable bonds is 6. The van der Waals surface area contributed by atoms with Crippen LogP contribution in [0.15, 0.2) is 17.5 Å². The van der Waals surface area contributed by atoms with Crippen molar-refractivity contribution in [3.8, 4) is 0 Å². The van der Waals surface area contributed by atoms with Gasteiger partial charge in [0.2, 0.25) is 0 Å². The van der Waals surface area contributed by atoms with E-state index in [9.17, 15) is 4.79 Å². The molecule has 0 radical (unpaired) electrons. The molecular weight excluding hydrogens is 308 g/mol. The maximum absolute atomic E-state index is 12.3. The number of likely N-dealkylation sites (tertiary alicyclic amines) is 1. The largest absolute Gasteiger partial charge is 0.444 e. The van der Waals surface area contributed by atoms with Crippen molar-refractivity contribution in [3.63, 3.8) is 0 Å². The summed E-state index contributed by atoms with van der Waals surface area (Å²) >= 11 is 1.81. The van der Waals surface area contributed by atoms with Crippen LogP contribution in [0.2, 0.25) is 0 Å². The summed E-state index contributed by atoms with van der Waals surface area (Å²) in [5.41, 5.74) is -0.422. The molecule has 1 fully saturated rings. The van der Waals surface area contributed by atoms with Gasteiger partial charge in [0.05, 0.1) is 0 Å². The van der Waals surface area contributed by atoms with E-state index in [0.29, 0.717) is 12.1 Å². The molecule has 2 heterocycles. The monoisotopic (exact) mass is 338 g/mol. The van der Waals surface area contributed by atoms with E-state index in [-0.39, 0.29) is 6.09 Å². The number of ether oxygens (including phenoxy) is 1. The van der Waals surface area contributed by atoms with E-state index in [0.717, 1.165) is 38.8 Å². The predicted octanol–water partition coefficient (Wildman–Crippen LogP) is 4.06. The fourth-order valence-corrected chi connectivity index (χ4v) is 3.74. The normalized spacial score (nSPS) is 19.8. The summed E-state index contributed by atoms with van der Waals surface area (Å²) in [6, 6.07) is 4.98. The van der Waals surface area contributed by atoms with Gasteiger partial charge in [-0.3, -0.25) is 0 Å². The van der Waals surface area contributed by atoms with Crippen molar-refractivity contribution in [2.45, 2.75) is 71.1 Å². The topological polar surface area (TPSA) is 41.6 Å². The number of nitrogens with zero attached hydrogens (tertiary/aromatic N) is 1. The van der Waals surface area contributed by atoms with Gasteiger partial charge in [-0.2, -0.15) is 0 Å². The van der Waals surface area contributed by atoms with Gasteiger partial charge in [-0.05, 0) is 64.8 Å². The number of nitrogens with one attached hydrogen (secondary N) is 1. The number of carbonyl (C=O) groups is 1. The van der Waals surface area contributed by atoms with E-state index >= 15 is 0 Å². The minimum absolute atomic E-state index is 0.161. The summed E-state index contributed by atoms with van der Waals surface area (Å²) in [5, 5.41) is 5.70. The minimum Gasteiger partial charge on any atom is -0.444 e. The molecule has 1 aromatic rings. The molecule has 1 aliphatic heterocycles. The second kappa shape index (κ2) is 8.15. The number of amides is 1. The second-order valence-corrected chi connectivity index (χ2v) is 8.42. The van der Waals surface area contributed by atoms with Crippen LogP contribution in [0.3, 0.4) is 0 Å². The molecule has 0 bridgehead atoms. The van der Waals surface area contributed by atoms with Gasteiger partial charge in [0, 0.05) is 30.1 Å². The molecule has 23 heavy (non-hydrogen) atoms. The van der Waals surface area contributed by atoms with Crippen LogP contribution in [0.4, 0.5) is 4.79 Å². The van der Waals surface area contributed by atoms with Crippen molar-refractivity contribution in [1.82, 2.24) is 10.2 Å². The van der Waals surface area contributed by atoms with E-state index in [1.165, 1.54) is 4.88 Å².